The minimum Gasteiger partial charge on any atom is -0.465 e. The Kier molecular flexibility index (Phi) is 4.45. The van der Waals surface area contributed by atoms with Crippen LogP contribution in [0.2, 0.25) is 0 Å². The molecular weight excluding hydrogens is 313 g/mol. The largest absolute Gasteiger partial charge is 0.465 e. The van der Waals surface area contributed by atoms with E-state index in [0.717, 1.165) is 25.9 Å². The molecule has 0 aromatic heterocycles. The molecular formula is C14H17BrFNO2. The van der Waals surface area contributed by atoms with Crippen LogP contribution in [0.4, 0.5) is 10.1 Å². The third-order valence-corrected chi connectivity index (χ3v) is 4.22. The van der Waals surface area contributed by atoms with Gasteiger partial charge in [-0.1, -0.05) is 6.92 Å². The van der Waals surface area contributed by atoms with Gasteiger partial charge in [-0.3, -0.25) is 0 Å². The molecule has 1 aromatic carbocycles. The summed E-state index contributed by atoms with van der Waals surface area (Å²) in [5.41, 5.74) is 0.764. The molecule has 3 nitrogen and oxygen atoms in total. The zero-order valence-electron chi connectivity index (χ0n) is 11.1. The van der Waals surface area contributed by atoms with Crippen LogP contribution in [0.25, 0.3) is 0 Å². The van der Waals surface area contributed by atoms with Crippen molar-refractivity contribution in [2.45, 2.75) is 19.8 Å². The Morgan fingerprint density at radius 3 is 2.63 bits per heavy atom. The highest BCUT2D eigenvalue weighted by molar-refractivity contribution is 9.10. The number of benzene rings is 1. The average molecular weight is 330 g/mol. The Morgan fingerprint density at radius 1 is 1.42 bits per heavy atom. The maximum Gasteiger partial charge on any atom is 0.339 e. The van der Waals surface area contributed by atoms with Gasteiger partial charge in [-0.15, -0.1) is 0 Å². The summed E-state index contributed by atoms with van der Waals surface area (Å²) < 4.78 is 19.3. The van der Waals surface area contributed by atoms with Gasteiger partial charge in [0.15, 0.2) is 0 Å². The molecule has 1 aromatic rings. The molecule has 19 heavy (non-hydrogen) atoms. The monoisotopic (exact) mass is 329 g/mol. The number of methoxy groups -OCH3 is 1. The van der Waals surface area contributed by atoms with Gasteiger partial charge in [0, 0.05) is 17.6 Å². The number of hydrogen-bond donors (Lipinski definition) is 0. The number of hydrogen-bond acceptors (Lipinski definition) is 3. The number of carbonyl (C=O) groups excluding carboxylic acids is 1. The minimum absolute atomic E-state index is 0.217. The van der Waals surface area contributed by atoms with E-state index in [2.05, 4.69) is 27.6 Å². The molecule has 0 N–H and O–H groups in total. The van der Waals surface area contributed by atoms with Gasteiger partial charge in [0.2, 0.25) is 0 Å². The van der Waals surface area contributed by atoms with Crippen LogP contribution in [0.15, 0.2) is 16.6 Å². The Morgan fingerprint density at radius 2 is 2.05 bits per heavy atom. The molecule has 0 spiro atoms. The molecule has 1 fully saturated rings. The molecule has 1 aliphatic heterocycles. The van der Waals surface area contributed by atoms with E-state index in [9.17, 15) is 9.18 Å². The lowest BCUT2D eigenvalue weighted by molar-refractivity contribution is 0.0599. The van der Waals surface area contributed by atoms with E-state index in [0.29, 0.717) is 16.1 Å². The SMILES string of the molecule is COC(=O)c1cc(F)c(N2CCC(C)CC2)cc1Br. The highest BCUT2D eigenvalue weighted by atomic mass is 79.9. The smallest absolute Gasteiger partial charge is 0.339 e. The number of anilines is 1. The molecule has 5 heteroatoms. The second kappa shape index (κ2) is 5.90. The number of halogens is 2. The van der Waals surface area contributed by atoms with Crippen LogP contribution in [-0.2, 0) is 4.74 Å². The van der Waals surface area contributed by atoms with Crippen molar-refractivity contribution in [3.63, 3.8) is 0 Å². The number of esters is 1. The van der Waals surface area contributed by atoms with E-state index in [1.807, 2.05) is 4.90 Å². The Labute approximate surface area is 120 Å². The molecule has 1 aliphatic rings. The van der Waals surface area contributed by atoms with Crippen LogP contribution in [0.3, 0.4) is 0 Å². The van der Waals surface area contributed by atoms with E-state index in [1.54, 1.807) is 6.07 Å². The van der Waals surface area contributed by atoms with Crippen molar-refractivity contribution in [2.24, 2.45) is 5.92 Å². The summed E-state index contributed by atoms with van der Waals surface area (Å²) in [7, 11) is 1.28. The molecule has 0 amide bonds. The van der Waals surface area contributed by atoms with Gasteiger partial charge in [-0.25, -0.2) is 9.18 Å². The summed E-state index contributed by atoms with van der Waals surface area (Å²) in [6.45, 7) is 3.91. The van der Waals surface area contributed by atoms with Crippen molar-refractivity contribution in [3.8, 4) is 0 Å². The van der Waals surface area contributed by atoms with Gasteiger partial charge in [0.05, 0.1) is 18.4 Å². The lowest BCUT2D eigenvalue weighted by Crippen LogP contribution is -2.33. The first-order valence-corrected chi connectivity index (χ1v) is 7.14. The molecule has 0 saturated carbocycles. The van der Waals surface area contributed by atoms with Crippen LogP contribution in [0, 0.1) is 11.7 Å². The van der Waals surface area contributed by atoms with Gasteiger partial charge >= 0.3 is 5.97 Å². The summed E-state index contributed by atoms with van der Waals surface area (Å²) in [4.78, 5) is 13.5. The number of nitrogens with zero attached hydrogens (tertiary/aromatic N) is 1. The van der Waals surface area contributed by atoms with Gasteiger partial charge < -0.3 is 9.64 Å². The van der Waals surface area contributed by atoms with Crippen LogP contribution >= 0.6 is 15.9 Å². The number of piperidine rings is 1. The lowest BCUT2D eigenvalue weighted by Gasteiger charge is -2.32. The van der Waals surface area contributed by atoms with Crippen LogP contribution < -0.4 is 4.90 Å². The van der Waals surface area contributed by atoms with Gasteiger partial charge in [0.25, 0.3) is 0 Å². The van der Waals surface area contributed by atoms with Crippen molar-refractivity contribution in [1.29, 1.82) is 0 Å². The molecule has 0 bridgehead atoms. The summed E-state index contributed by atoms with van der Waals surface area (Å²) in [6, 6.07) is 2.90. The molecule has 0 radical (unpaired) electrons. The van der Waals surface area contributed by atoms with E-state index in [-0.39, 0.29) is 11.4 Å². The van der Waals surface area contributed by atoms with Gasteiger partial charge in [-0.2, -0.15) is 0 Å². The highest BCUT2D eigenvalue weighted by Gasteiger charge is 2.21. The maximum atomic E-state index is 14.1. The molecule has 1 saturated heterocycles. The van der Waals surface area contributed by atoms with E-state index < -0.39 is 5.97 Å². The standard InChI is InChI=1S/C14H17BrFNO2/c1-9-3-5-17(6-4-9)13-8-11(15)10(7-12(13)16)14(18)19-2/h7-9H,3-6H2,1-2H3. The third kappa shape index (κ3) is 3.08. The first-order valence-electron chi connectivity index (χ1n) is 6.35. The third-order valence-electron chi connectivity index (χ3n) is 3.57. The highest BCUT2D eigenvalue weighted by Crippen LogP contribution is 2.30. The van der Waals surface area contributed by atoms with E-state index in [4.69, 9.17) is 0 Å². The summed E-state index contributed by atoms with van der Waals surface area (Å²) in [6.07, 6.45) is 2.13. The molecule has 2 rings (SSSR count). The molecule has 1 heterocycles. The first kappa shape index (κ1) is 14.3. The van der Waals surface area contributed by atoms with Crippen molar-refractivity contribution in [1.82, 2.24) is 0 Å². The van der Waals surface area contributed by atoms with Crippen molar-refractivity contribution in [2.75, 3.05) is 25.1 Å². The Balaban J connectivity index is 2.28. The fourth-order valence-electron chi connectivity index (χ4n) is 2.29. The number of carbonyl (C=O) groups is 1. The van der Waals surface area contributed by atoms with Crippen LogP contribution in [0.1, 0.15) is 30.1 Å². The molecule has 104 valence electrons. The number of rotatable bonds is 2. The van der Waals surface area contributed by atoms with Crippen LogP contribution in [-0.4, -0.2) is 26.2 Å². The van der Waals surface area contributed by atoms with Crippen LogP contribution in [0.5, 0.6) is 0 Å². The quantitative estimate of drug-likeness (QED) is 0.776. The zero-order valence-corrected chi connectivity index (χ0v) is 12.7. The van der Waals surface area contributed by atoms with Gasteiger partial charge in [0.1, 0.15) is 5.82 Å². The topological polar surface area (TPSA) is 29.5 Å². The summed E-state index contributed by atoms with van der Waals surface area (Å²) in [5.74, 6) is -0.222. The fourth-order valence-corrected chi connectivity index (χ4v) is 2.79. The maximum absolute atomic E-state index is 14.1. The summed E-state index contributed by atoms with van der Waals surface area (Å²) in [5, 5.41) is 0. The van der Waals surface area contributed by atoms with Crippen molar-refractivity contribution in [3.05, 3.63) is 28.0 Å². The second-order valence-electron chi connectivity index (χ2n) is 4.94. The summed E-state index contributed by atoms with van der Waals surface area (Å²) >= 11 is 3.31. The predicted octanol–water partition coefficient (Wildman–Crippen LogP) is 3.61. The normalized spacial score (nSPS) is 16.5. The molecule has 0 unspecified atom stereocenters. The molecule has 0 atom stereocenters. The van der Waals surface area contributed by atoms with Crippen molar-refractivity contribution < 1.29 is 13.9 Å². The van der Waals surface area contributed by atoms with E-state index in [1.165, 1.54) is 13.2 Å². The van der Waals surface area contributed by atoms with Gasteiger partial charge in [-0.05, 0) is 46.8 Å². The number of ether oxygens (including phenoxy) is 1. The minimum atomic E-state index is -0.537. The Bertz CT molecular complexity index is 485. The predicted molar refractivity (Wildman–Crippen MR) is 76.1 cm³/mol. The lowest BCUT2D eigenvalue weighted by atomic mass is 9.98. The second-order valence-corrected chi connectivity index (χ2v) is 5.80. The fraction of sp³-hybridized carbons (Fsp3) is 0.500. The van der Waals surface area contributed by atoms with Crippen molar-refractivity contribution >= 4 is 27.6 Å². The van der Waals surface area contributed by atoms with E-state index >= 15 is 0 Å². The average Bonchev–Trinajstić information content (AvgIpc) is 2.41. The Hall–Kier alpha value is -1.10. The molecule has 0 aliphatic carbocycles. The zero-order chi connectivity index (χ0) is 14.0. The first-order chi connectivity index (χ1) is 9.02.